The molecule has 0 saturated heterocycles. The molecule has 2 heterocycles. The number of methoxy groups -OCH3 is 1. The van der Waals surface area contributed by atoms with E-state index in [0.717, 1.165) is 29.2 Å². The van der Waals surface area contributed by atoms with Gasteiger partial charge in [0.1, 0.15) is 11.5 Å². The van der Waals surface area contributed by atoms with Crippen LogP contribution in [0.15, 0.2) is 60.7 Å². The summed E-state index contributed by atoms with van der Waals surface area (Å²) in [5.41, 5.74) is -4.87. The van der Waals surface area contributed by atoms with Crippen LogP contribution >= 0.6 is 11.6 Å². The second kappa shape index (κ2) is 9.26. The van der Waals surface area contributed by atoms with Crippen LogP contribution in [-0.2, 0) is 6.18 Å². The van der Waals surface area contributed by atoms with Crippen LogP contribution in [-0.4, -0.2) is 40.2 Å². The molecule has 0 radical (unpaired) electrons. The average Bonchev–Trinajstić information content (AvgIpc) is 3.25. The third kappa shape index (κ3) is 5.33. The van der Waals surface area contributed by atoms with Crippen molar-refractivity contribution in [1.82, 2.24) is 14.6 Å². The van der Waals surface area contributed by atoms with E-state index in [-0.39, 0.29) is 28.5 Å². The lowest BCUT2D eigenvalue weighted by molar-refractivity contribution is -0.142. The lowest BCUT2D eigenvalue weighted by Crippen LogP contribution is -2.26. The molecule has 0 bridgehead atoms. The summed E-state index contributed by atoms with van der Waals surface area (Å²) in [4.78, 5) is 18.3. The second-order valence-corrected chi connectivity index (χ2v) is 7.90. The zero-order valence-corrected chi connectivity index (χ0v) is 19.3. The first-order chi connectivity index (χ1) is 16.9. The number of halogens is 6. The fourth-order valence-corrected chi connectivity index (χ4v) is 3.44. The number of carbonyl (C=O) groups excluding carboxylic acids is 1. The summed E-state index contributed by atoms with van der Waals surface area (Å²) in [5, 5.41) is 3.84. The number of ether oxygens (including phenoxy) is 2. The van der Waals surface area contributed by atoms with E-state index < -0.39 is 23.3 Å². The first kappa shape index (κ1) is 25.2. The number of carbonyl (C=O) groups is 1. The van der Waals surface area contributed by atoms with Gasteiger partial charge in [0.15, 0.2) is 17.0 Å². The third-order valence-corrected chi connectivity index (χ3v) is 5.16. The summed E-state index contributed by atoms with van der Waals surface area (Å²) in [6.07, 6.45) is -4.79. The molecule has 0 unspecified atom stereocenters. The van der Waals surface area contributed by atoms with E-state index in [4.69, 9.17) is 16.3 Å². The number of hydrogen-bond acceptors (Lipinski definition) is 5. The van der Waals surface area contributed by atoms with Gasteiger partial charge in [-0.05, 0) is 54.6 Å². The Morgan fingerprint density at radius 3 is 2.14 bits per heavy atom. The van der Waals surface area contributed by atoms with E-state index in [2.05, 4.69) is 14.8 Å². The summed E-state index contributed by atoms with van der Waals surface area (Å²) < 4.78 is 76.9. The number of aromatic nitrogens is 3. The van der Waals surface area contributed by atoms with Crippen LogP contribution in [0.1, 0.15) is 16.2 Å². The number of hydrogen-bond donors (Lipinski definition) is 0. The molecule has 36 heavy (non-hydrogen) atoms. The lowest BCUT2D eigenvalue weighted by Gasteiger charge is -2.17. The number of anilines is 1. The van der Waals surface area contributed by atoms with Gasteiger partial charge in [0, 0.05) is 36.0 Å². The van der Waals surface area contributed by atoms with Crippen molar-refractivity contribution in [2.45, 2.75) is 11.7 Å². The molecule has 7 nitrogen and oxygen atoms in total. The molecular formula is C23H16ClF5N4O3. The van der Waals surface area contributed by atoms with Crippen LogP contribution in [0.3, 0.4) is 0 Å². The van der Waals surface area contributed by atoms with E-state index in [9.17, 15) is 26.7 Å². The van der Waals surface area contributed by atoms with Gasteiger partial charge in [-0.25, -0.2) is 9.50 Å². The minimum Gasteiger partial charge on any atom is -0.497 e. The summed E-state index contributed by atoms with van der Waals surface area (Å²) in [6, 6.07) is 13.2. The van der Waals surface area contributed by atoms with E-state index in [1.165, 1.54) is 26.3 Å². The maximum absolute atomic E-state index is 13.8. The molecule has 2 aromatic carbocycles. The number of amides is 1. The number of benzene rings is 2. The van der Waals surface area contributed by atoms with Gasteiger partial charge in [-0.1, -0.05) is 0 Å². The number of nitrogens with zero attached hydrogens (tertiary/aromatic N) is 4. The lowest BCUT2D eigenvalue weighted by atomic mass is 10.1. The van der Waals surface area contributed by atoms with Gasteiger partial charge in [0.25, 0.3) is 5.91 Å². The number of alkyl halides is 6. The monoisotopic (exact) mass is 526 g/mol. The highest BCUT2D eigenvalue weighted by Crippen LogP contribution is 2.33. The van der Waals surface area contributed by atoms with E-state index >= 15 is 0 Å². The van der Waals surface area contributed by atoms with Crippen LogP contribution in [0.2, 0.25) is 0 Å². The highest BCUT2D eigenvalue weighted by Gasteiger charge is 2.36. The molecule has 188 valence electrons. The first-order valence-corrected chi connectivity index (χ1v) is 10.5. The molecule has 4 aromatic rings. The van der Waals surface area contributed by atoms with Gasteiger partial charge >= 0.3 is 11.7 Å². The molecule has 0 N–H and O–H groups in total. The van der Waals surface area contributed by atoms with Crippen molar-refractivity contribution in [3.8, 4) is 22.8 Å². The maximum atomic E-state index is 13.8. The van der Waals surface area contributed by atoms with Crippen molar-refractivity contribution in [2.75, 3.05) is 19.1 Å². The standard InChI is InChI=1S/C23H16ClF5N4O3/c1-32(14-5-9-16(10-6-14)36-23(24,28)29)21(34)18-12-20-30-17(13-3-7-15(35-2)8-4-13)11-19(22(25,26)27)33(20)31-18/h3-12H,1-2H3. The highest BCUT2D eigenvalue weighted by molar-refractivity contribution is 6.20. The van der Waals surface area contributed by atoms with Gasteiger partial charge in [-0.15, -0.1) is 8.78 Å². The Labute approximate surface area is 205 Å². The molecule has 0 saturated carbocycles. The van der Waals surface area contributed by atoms with E-state index in [0.29, 0.717) is 15.8 Å². The topological polar surface area (TPSA) is 69.0 Å². The average molecular weight is 527 g/mol. The van der Waals surface area contributed by atoms with Crippen molar-refractivity contribution in [2.24, 2.45) is 0 Å². The molecule has 2 aromatic heterocycles. The molecule has 0 aliphatic rings. The predicted octanol–water partition coefficient (Wildman–Crippen LogP) is 5.87. The molecule has 0 fully saturated rings. The van der Waals surface area contributed by atoms with Gasteiger partial charge in [0.05, 0.1) is 12.8 Å². The summed E-state index contributed by atoms with van der Waals surface area (Å²) in [7, 11) is 2.81. The number of fused-ring (bicyclic) bond motifs is 1. The molecule has 1 amide bonds. The Morgan fingerprint density at radius 2 is 1.58 bits per heavy atom. The quantitative estimate of drug-likeness (QED) is 0.232. The highest BCUT2D eigenvalue weighted by atomic mass is 35.5. The molecular weight excluding hydrogens is 511 g/mol. The molecule has 4 rings (SSSR count). The van der Waals surface area contributed by atoms with E-state index in [1.54, 1.807) is 24.3 Å². The zero-order chi connectivity index (χ0) is 26.3. The molecule has 0 atom stereocenters. The molecule has 0 spiro atoms. The second-order valence-electron chi connectivity index (χ2n) is 7.46. The van der Waals surface area contributed by atoms with Crippen molar-refractivity contribution in [1.29, 1.82) is 0 Å². The van der Waals surface area contributed by atoms with Crippen molar-refractivity contribution in [3.63, 3.8) is 0 Å². The molecule has 0 aliphatic carbocycles. The smallest absolute Gasteiger partial charge is 0.487 e. The largest absolute Gasteiger partial charge is 0.497 e. The first-order valence-electron chi connectivity index (χ1n) is 10.1. The minimum absolute atomic E-state index is 0.0245. The van der Waals surface area contributed by atoms with Crippen molar-refractivity contribution < 1.29 is 36.2 Å². The Morgan fingerprint density at radius 1 is 0.972 bits per heavy atom. The summed E-state index contributed by atoms with van der Waals surface area (Å²) in [5.74, 6) is -0.486. The number of rotatable bonds is 6. The summed E-state index contributed by atoms with van der Waals surface area (Å²) >= 11 is 4.73. The minimum atomic E-state index is -4.79. The maximum Gasteiger partial charge on any atom is 0.487 e. The Kier molecular flexibility index (Phi) is 6.48. The van der Waals surface area contributed by atoms with Crippen molar-refractivity contribution >= 4 is 28.8 Å². The SMILES string of the molecule is COc1ccc(-c2cc(C(F)(F)F)n3nc(C(=O)N(C)c4ccc(OC(F)(F)Cl)cc4)cc3n2)cc1. The van der Waals surface area contributed by atoms with Gasteiger partial charge in [0.2, 0.25) is 0 Å². The summed E-state index contributed by atoms with van der Waals surface area (Å²) in [6.45, 7) is 0. The fourth-order valence-electron chi connectivity index (χ4n) is 3.35. The molecule has 0 aliphatic heterocycles. The van der Waals surface area contributed by atoms with Crippen LogP contribution in [0, 0.1) is 0 Å². The van der Waals surface area contributed by atoms with Crippen LogP contribution in [0.4, 0.5) is 27.6 Å². The van der Waals surface area contributed by atoms with Gasteiger partial charge < -0.3 is 14.4 Å². The third-order valence-electron chi connectivity index (χ3n) is 5.08. The Bertz CT molecular complexity index is 1400. The Balaban J connectivity index is 1.69. The van der Waals surface area contributed by atoms with Gasteiger partial charge in [-0.2, -0.15) is 18.3 Å². The van der Waals surface area contributed by atoms with Gasteiger partial charge in [-0.3, -0.25) is 4.79 Å². The van der Waals surface area contributed by atoms with Crippen LogP contribution in [0.5, 0.6) is 11.5 Å². The van der Waals surface area contributed by atoms with Crippen molar-refractivity contribution in [3.05, 3.63) is 72.1 Å². The fraction of sp³-hybridized carbons (Fsp3) is 0.174. The predicted molar refractivity (Wildman–Crippen MR) is 121 cm³/mol. The van der Waals surface area contributed by atoms with E-state index in [1.807, 2.05) is 0 Å². The van der Waals surface area contributed by atoms with Crippen LogP contribution in [0.25, 0.3) is 16.9 Å². The Hall–Kier alpha value is -3.93. The van der Waals surface area contributed by atoms with Crippen LogP contribution < -0.4 is 14.4 Å². The zero-order valence-electron chi connectivity index (χ0n) is 18.6. The molecule has 13 heteroatoms. The normalized spacial score (nSPS) is 12.0.